The van der Waals surface area contributed by atoms with E-state index in [1.807, 2.05) is 30.3 Å². The molecule has 0 radical (unpaired) electrons. The molecular formula is C20H10Cl2O2. The molecule has 0 atom stereocenters. The van der Waals surface area contributed by atoms with Gasteiger partial charge < -0.3 is 0 Å². The van der Waals surface area contributed by atoms with Crippen molar-refractivity contribution in [1.29, 1.82) is 0 Å². The molecule has 0 aliphatic heterocycles. The zero-order valence-electron chi connectivity index (χ0n) is 12.3. The van der Waals surface area contributed by atoms with Crippen molar-refractivity contribution in [3.05, 3.63) is 82.9 Å². The molecule has 0 aliphatic rings. The highest BCUT2D eigenvalue weighted by atomic mass is 35.5. The Morgan fingerprint density at radius 1 is 0.708 bits per heavy atom. The van der Waals surface area contributed by atoms with E-state index in [2.05, 4.69) is 11.8 Å². The van der Waals surface area contributed by atoms with Gasteiger partial charge in [0.15, 0.2) is 0 Å². The molecule has 116 valence electrons. The second kappa shape index (κ2) is 6.88. The van der Waals surface area contributed by atoms with Gasteiger partial charge in [0.25, 0.3) is 10.5 Å². The number of carbonyl (C=O) groups excluding carboxylic acids is 2. The molecule has 0 fully saturated rings. The van der Waals surface area contributed by atoms with Gasteiger partial charge in [-0.1, -0.05) is 48.2 Å². The fourth-order valence-corrected chi connectivity index (χ4v) is 2.87. The fourth-order valence-electron chi connectivity index (χ4n) is 2.51. The molecule has 4 heteroatoms. The summed E-state index contributed by atoms with van der Waals surface area (Å²) in [5, 5.41) is -0.0815. The normalized spacial score (nSPS) is 10.1. The SMILES string of the molecule is O=C(Cl)c1cccc2c(C(=O)Cl)c(C#Cc3ccccc3)ccc12. The third-order valence-electron chi connectivity index (χ3n) is 3.59. The topological polar surface area (TPSA) is 34.1 Å². The zero-order chi connectivity index (χ0) is 17.1. The Morgan fingerprint density at radius 3 is 2.12 bits per heavy atom. The van der Waals surface area contributed by atoms with Crippen LogP contribution in [0.2, 0.25) is 0 Å². The highest BCUT2D eigenvalue weighted by Crippen LogP contribution is 2.27. The van der Waals surface area contributed by atoms with Crippen molar-refractivity contribution >= 4 is 44.5 Å². The van der Waals surface area contributed by atoms with Gasteiger partial charge in [0, 0.05) is 16.7 Å². The third kappa shape index (κ3) is 3.19. The summed E-state index contributed by atoms with van der Waals surface area (Å²) < 4.78 is 0. The lowest BCUT2D eigenvalue weighted by Gasteiger charge is -2.08. The van der Waals surface area contributed by atoms with Gasteiger partial charge in [0.1, 0.15) is 0 Å². The number of fused-ring (bicyclic) bond motifs is 1. The van der Waals surface area contributed by atoms with Crippen LogP contribution in [0.3, 0.4) is 0 Å². The molecule has 0 amide bonds. The van der Waals surface area contributed by atoms with E-state index in [0.717, 1.165) is 5.56 Å². The summed E-state index contributed by atoms with van der Waals surface area (Å²) in [4.78, 5) is 23.5. The third-order valence-corrected chi connectivity index (χ3v) is 3.98. The highest BCUT2D eigenvalue weighted by Gasteiger charge is 2.16. The molecule has 0 unspecified atom stereocenters. The van der Waals surface area contributed by atoms with Crippen LogP contribution in [-0.4, -0.2) is 10.5 Å². The molecule has 0 bridgehead atoms. The Kier molecular flexibility index (Phi) is 4.66. The fraction of sp³-hybridized carbons (Fsp3) is 0. The molecule has 24 heavy (non-hydrogen) atoms. The lowest BCUT2D eigenvalue weighted by molar-refractivity contribution is 0.107. The first kappa shape index (κ1) is 16.3. The zero-order valence-corrected chi connectivity index (χ0v) is 13.9. The molecule has 3 aromatic rings. The van der Waals surface area contributed by atoms with Crippen LogP contribution in [-0.2, 0) is 0 Å². The molecule has 0 saturated carbocycles. The van der Waals surface area contributed by atoms with Crippen molar-refractivity contribution < 1.29 is 9.59 Å². The van der Waals surface area contributed by atoms with Crippen molar-refractivity contribution in [3.63, 3.8) is 0 Å². The lowest BCUT2D eigenvalue weighted by Crippen LogP contribution is -1.99. The van der Waals surface area contributed by atoms with Crippen LogP contribution < -0.4 is 0 Å². The first-order valence-corrected chi connectivity index (χ1v) is 7.86. The first-order chi connectivity index (χ1) is 11.6. The van der Waals surface area contributed by atoms with Crippen molar-refractivity contribution in [1.82, 2.24) is 0 Å². The van der Waals surface area contributed by atoms with Crippen molar-refractivity contribution in [2.45, 2.75) is 0 Å². The van der Waals surface area contributed by atoms with Gasteiger partial charge in [0.05, 0.1) is 5.56 Å². The van der Waals surface area contributed by atoms with Crippen LogP contribution in [0.25, 0.3) is 10.8 Å². The minimum atomic E-state index is -0.628. The molecule has 0 spiro atoms. The molecule has 0 N–H and O–H groups in total. The molecule has 3 aromatic carbocycles. The lowest BCUT2D eigenvalue weighted by atomic mass is 9.96. The van der Waals surface area contributed by atoms with Gasteiger partial charge in [-0.05, 0) is 58.2 Å². The summed E-state index contributed by atoms with van der Waals surface area (Å²) >= 11 is 11.4. The van der Waals surface area contributed by atoms with Crippen molar-refractivity contribution in [2.24, 2.45) is 0 Å². The number of hydrogen-bond donors (Lipinski definition) is 0. The van der Waals surface area contributed by atoms with E-state index in [-0.39, 0.29) is 5.56 Å². The molecule has 0 aliphatic carbocycles. The Bertz CT molecular complexity index is 1010. The largest absolute Gasteiger partial charge is 0.276 e. The van der Waals surface area contributed by atoms with E-state index in [0.29, 0.717) is 21.9 Å². The van der Waals surface area contributed by atoms with Gasteiger partial charge in [-0.3, -0.25) is 9.59 Å². The standard InChI is InChI=1S/C20H10Cl2O2/c21-19(23)17-8-4-7-16-15(17)12-11-14(18(16)20(22)24)10-9-13-5-2-1-3-6-13/h1-8,11-12H. The van der Waals surface area contributed by atoms with Crippen LogP contribution in [0.4, 0.5) is 0 Å². The van der Waals surface area contributed by atoms with E-state index in [4.69, 9.17) is 23.2 Å². The minimum Gasteiger partial charge on any atom is -0.276 e. The first-order valence-electron chi connectivity index (χ1n) is 7.10. The van der Waals surface area contributed by atoms with Crippen molar-refractivity contribution in [3.8, 4) is 11.8 Å². The van der Waals surface area contributed by atoms with Gasteiger partial charge in [-0.15, -0.1) is 0 Å². The van der Waals surface area contributed by atoms with Gasteiger partial charge in [0.2, 0.25) is 0 Å². The Morgan fingerprint density at radius 2 is 1.46 bits per heavy atom. The molecule has 0 aromatic heterocycles. The summed E-state index contributed by atoms with van der Waals surface area (Å²) in [5.41, 5.74) is 1.94. The molecule has 0 heterocycles. The number of rotatable bonds is 2. The van der Waals surface area contributed by atoms with E-state index in [1.54, 1.807) is 30.3 Å². The molecule has 3 rings (SSSR count). The van der Waals surface area contributed by atoms with Crippen LogP contribution >= 0.6 is 23.2 Å². The molecule has 2 nitrogen and oxygen atoms in total. The van der Waals surface area contributed by atoms with Crippen LogP contribution in [0, 0.1) is 11.8 Å². The van der Waals surface area contributed by atoms with E-state index in [9.17, 15) is 9.59 Å². The van der Waals surface area contributed by atoms with Crippen LogP contribution in [0.1, 0.15) is 31.8 Å². The average molecular weight is 353 g/mol. The van der Waals surface area contributed by atoms with E-state index < -0.39 is 10.5 Å². The molecule has 0 saturated heterocycles. The molecular weight excluding hydrogens is 343 g/mol. The smallest absolute Gasteiger partial charge is 0.254 e. The van der Waals surface area contributed by atoms with Crippen LogP contribution in [0.15, 0.2) is 60.7 Å². The Hall–Kier alpha value is -2.60. The monoisotopic (exact) mass is 352 g/mol. The Balaban J connectivity index is 2.24. The second-order valence-electron chi connectivity index (χ2n) is 5.05. The number of hydrogen-bond acceptors (Lipinski definition) is 2. The second-order valence-corrected chi connectivity index (χ2v) is 5.74. The van der Waals surface area contributed by atoms with Gasteiger partial charge in [-0.2, -0.15) is 0 Å². The number of benzene rings is 3. The number of halogens is 2. The summed E-state index contributed by atoms with van der Waals surface area (Å²) in [6.45, 7) is 0. The predicted octanol–water partition coefficient (Wildman–Crippen LogP) is 5.00. The highest BCUT2D eigenvalue weighted by molar-refractivity contribution is 6.70. The van der Waals surface area contributed by atoms with E-state index >= 15 is 0 Å². The van der Waals surface area contributed by atoms with Crippen molar-refractivity contribution in [2.75, 3.05) is 0 Å². The summed E-state index contributed by atoms with van der Waals surface area (Å²) in [6, 6.07) is 17.8. The number of carbonyl (C=O) groups is 2. The summed E-state index contributed by atoms with van der Waals surface area (Å²) in [5.74, 6) is 5.98. The quantitative estimate of drug-likeness (QED) is 0.480. The maximum absolute atomic E-state index is 12.0. The minimum absolute atomic E-state index is 0.275. The van der Waals surface area contributed by atoms with Gasteiger partial charge in [-0.25, -0.2) is 0 Å². The average Bonchev–Trinajstić information content (AvgIpc) is 2.59. The maximum atomic E-state index is 12.0. The predicted molar refractivity (Wildman–Crippen MR) is 96.7 cm³/mol. The van der Waals surface area contributed by atoms with E-state index in [1.165, 1.54) is 0 Å². The summed E-state index contributed by atoms with van der Waals surface area (Å²) in [6.07, 6.45) is 0. The maximum Gasteiger partial charge on any atom is 0.254 e. The Labute approximate surface area is 149 Å². The van der Waals surface area contributed by atoms with Gasteiger partial charge >= 0.3 is 0 Å². The summed E-state index contributed by atoms with van der Waals surface area (Å²) in [7, 11) is 0. The van der Waals surface area contributed by atoms with Crippen LogP contribution in [0.5, 0.6) is 0 Å².